The molecule has 0 spiro atoms. The lowest BCUT2D eigenvalue weighted by Crippen LogP contribution is -2.25. The summed E-state index contributed by atoms with van der Waals surface area (Å²) >= 11 is 11.9. The van der Waals surface area contributed by atoms with Crippen LogP contribution >= 0.6 is 23.2 Å². The van der Waals surface area contributed by atoms with E-state index < -0.39 is 0 Å². The van der Waals surface area contributed by atoms with Gasteiger partial charge < -0.3 is 9.47 Å². The fourth-order valence-electron chi connectivity index (χ4n) is 2.49. The van der Waals surface area contributed by atoms with Crippen LogP contribution in [0.15, 0.2) is 77.9 Å². The van der Waals surface area contributed by atoms with Crippen molar-refractivity contribution in [1.82, 2.24) is 5.43 Å². The minimum Gasteiger partial charge on any atom is -0.489 e. The number of hydrogen-bond donors (Lipinski definition) is 1. The molecule has 0 heterocycles. The molecule has 0 saturated carbocycles. The molecular formula is C23H20Cl2N2O3. The topological polar surface area (TPSA) is 59.9 Å². The molecule has 0 radical (unpaired) electrons. The standard InChI is InChI=1S/C23H20Cl2N2O3/c1-16(18-7-12-21(24)22(25)13-18)26-27-23(28)15-30-20-10-8-19(9-11-20)29-14-17-5-3-2-4-6-17/h2-13H,14-15H2,1H3,(H,27,28)/b26-16+. The van der Waals surface area contributed by atoms with Crippen molar-refractivity contribution in [3.63, 3.8) is 0 Å². The van der Waals surface area contributed by atoms with E-state index in [1.165, 1.54) is 0 Å². The summed E-state index contributed by atoms with van der Waals surface area (Å²) in [7, 11) is 0. The minimum atomic E-state index is -0.376. The number of nitrogens with one attached hydrogen (secondary N) is 1. The predicted octanol–water partition coefficient (Wildman–Crippen LogP) is 5.49. The monoisotopic (exact) mass is 442 g/mol. The summed E-state index contributed by atoms with van der Waals surface area (Å²) < 4.78 is 11.2. The Labute approximate surface area is 185 Å². The molecule has 1 N–H and O–H groups in total. The van der Waals surface area contributed by atoms with Gasteiger partial charge in [0.15, 0.2) is 6.61 Å². The molecule has 7 heteroatoms. The third-order valence-electron chi connectivity index (χ3n) is 4.13. The lowest BCUT2D eigenvalue weighted by atomic mass is 10.1. The maximum absolute atomic E-state index is 12.0. The summed E-state index contributed by atoms with van der Waals surface area (Å²) in [5, 5.41) is 4.95. The van der Waals surface area contributed by atoms with E-state index in [-0.39, 0.29) is 12.5 Å². The van der Waals surface area contributed by atoms with Gasteiger partial charge in [-0.3, -0.25) is 4.79 Å². The summed E-state index contributed by atoms with van der Waals surface area (Å²) in [6.45, 7) is 2.08. The third kappa shape index (κ3) is 6.51. The smallest absolute Gasteiger partial charge is 0.277 e. The van der Waals surface area contributed by atoms with Crippen LogP contribution in [-0.2, 0) is 11.4 Å². The van der Waals surface area contributed by atoms with Gasteiger partial charge in [0, 0.05) is 0 Å². The third-order valence-corrected chi connectivity index (χ3v) is 4.87. The van der Waals surface area contributed by atoms with Crippen molar-refractivity contribution in [2.45, 2.75) is 13.5 Å². The van der Waals surface area contributed by atoms with Crippen LogP contribution in [0.1, 0.15) is 18.1 Å². The fraction of sp³-hybridized carbons (Fsp3) is 0.130. The molecule has 3 rings (SSSR count). The Morgan fingerprint density at radius 1 is 0.900 bits per heavy atom. The Morgan fingerprint density at radius 3 is 2.23 bits per heavy atom. The van der Waals surface area contributed by atoms with Crippen LogP contribution in [0.3, 0.4) is 0 Å². The number of nitrogens with zero attached hydrogens (tertiary/aromatic N) is 1. The number of carbonyl (C=O) groups is 1. The van der Waals surface area contributed by atoms with E-state index in [0.717, 1.165) is 16.9 Å². The van der Waals surface area contributed by atoms with Crippen LogP contribution in [-0.4, -0.2) is 18.2 Å². The van der Waals surface area contributed by atoms with E-state index in [1.807, 2.05) is 30.3 Å². The summed E-state index contributed by atoms with van der Waals surface area (Å²) in [5.74, 6) is 0.902. The second kappa shape index (κ2) is 10.7. The van der Waals surface area contributed by atoms with Crippen molar-refractivity contribution >= 4 is 34.8 Å². The van der Waals surface area contributed by atoms with E-state index in [0.29, 0.717) is 28.1 Å². The molecule has 0 aliphatic rings. The Bertz CT molecular complexity index is 1020. The maximum Gasteiger partial charge on any atom is 0.277 e. The molecular weight excluding hydrogens is 423 g/mol. The molecule has 1 amide bonds. The molecule has 5 nitrogen and oxygen atoms in total. The van der Waals surface area contributed by atoms with Gasteiger partial charge >= 0.3 is 0 Å². The van der Waals surface area contributed by atoms with Gasteiger partial charge in [-0.1, -0.05) is 59.6 Å². The van der Waals surface area contributed by atoms with Gasteiger partial charge in [-0.25, -0.2) is 5.43 Å². The highest BCUT2D eigenvalue weighted by Gasteiger charge is 2.05. The molecule has 30 heavy (non-hydrogen) atoms. The normalized spacial score (nSPS) is 11.1. The van der Waals surface area contributed by atoms with Gasteiger partial charge in [0.1, 0.15) is 18.1 Å². The minimum absolute atomic E-state index is 0.164. The summed E-state index contributed by atoms with van der Waals surface area (Å²) in [5.41, 5.74) is 4.91. The molecule has 0 aliphatic carbocycles. The SMILES string of the molecule is C/C(=N\NC(=O)COc1ccc(OCc2ccccc2)cc1)c1ccc(Cl)c(Cl)c1. The highest BCUT2D eigenvalue weighted by atomic mass is 35.5. The molecule has 0 aliphatic heterocycles. The first-order chi connectivity index (χ1) is 14.5. The lowest BCUT2D eigenvalue weighted by molar-refractivity contribution is -0.123. The first-order valence-electron chi connectivity index (χ1n) is 9.19. The van der Waals surface area contributed by atoms with Crippen molar-refractivity contribution in [2.24, 2.45) is 5.10 Å². The van der Waals surface area contributed by atoms with Crippen LogP contribution in [0.25, 0.3) is 0 Å². The Morgan fingerprint density at radius 2 is 1.57 bits per heavy atom. The van der Waals surface area contributed by atoms with Gasteiger partial charge in [0.2, 0.25) is 0 Å². The summed E-state index contributed by atoms with van der Waals surface area (Å²) in [4.78, 5) is 12.0. The Balaban J connectivity index is 1.45. The van der Waals surface area contributed by atoms with E-state index >= 15 is 0 Å². The van der Waals surface area contributed by atoms with Crippen LogP contribution in [0.2, 0.25) is 10.0 Å². The second-order valence-corrected chi connectivity index (χ2v) is 7.21. The predicted molar refractivity (Wildman–Crippen MR) is 120 cm³/mol. The van der Waals surface area contributed by atoms with Crippen molar-refractivity contribution in [2.75, 3.05) is 6.61 Å². The lowest BCUT2D eigenvalue weighted by Gasteiger charge is -2.09. The molecule has 0 bridgehead atoms. The highest BCUT2D eigenvalue weighted by molar-refractivity contribution is 6.42. The van der Waals surface area contributed by atoms with E-state index in [4.69, 9.17) is 32.7 Å². The number of amides is 1. The maximum atomic E-state index is 12.0. The first-order valence-corrected chi connectivity index (χ1v) is 9.95. The van der Waals surface area contributed by atoms with Gasteiger partial charge in [-0.2, -0.15) is 5.10 Å². The Hall–Kier alpha value is -3.02. The average molecular weight is 443 g/mol. The molecule has 3 aromatic carbocycles. The average Bonchev–Trinajstić information content (AvgIpc) is 2.78. The molecule has 3 aromatic rings. The van der Waals surface area contributed by atoms with Crippen molar-refractivity contribution < 1.29 is 14.3 Å². The molecule has 0 aromatic heterocycles. The van der Waals surface area contributed by atoms with Crippen molar-refractivity contribution in [3.05, 3.63) is 94.0 Å². The van der Waals surface area contributed by atoms with Crippen LogP contribution in [0, 0.1) is 0 Å². The van der Waals surface area contributed by atoms with Crippen molar-refractivity contribution in [1.29, 1.82) is 0 Å². The summed E-state index contributed by atoms with van der Waals surface area (Å²) in [6.07, 6.45) is 0. The zero-order valence-electron chi connectivity index (χ0n) is 16.3. The van der Waals surface area contributed by atoms with E-state index in [2.05, 4.69) is 10.5 Å². The number of halogens is 2. The highest BCUT2D eigenvalue weighted by Crippen LogP contribution is 2.23. The van der Waals surface area contributed by atoms with Crippen molar-refractivity contribution in [3.8, 4) is 11.5 Å². The summed E-state index contributed by atoms with van der Waals surface area (Å²) in [6, 6.07) is 22.1. The number of hydrazone groups is 1. The molecule has 0 saturated heterocycles. The largest absolute Gasteiger partial charge is 0.489 e. The van der Waals surface area contributed by atoms with Gasteiger partial charge in [-0.05, 0) is 54.4 Å². The van der Waals surface area contributed by atoms with Gasteiger partial charge in [0.05, 0.1) is 15.8 Å². The molecule has 0 atom stereocenters. The zero-order chi connectivity index (χ0) is 21.3. The fourth-order valence-corrected chi connectivity index (χ4v) is 2.78. The molecule has 0 unspecified atom stereocenters. The van der Waals surface area contributed by atoms with Gasteiger partial charge in [0.25, 0.3) is 5.91 Å². The van der Waals surface area contributed by atoms with Crippen LogP contribution in [0.4, 0.5) is 0 Å². The number of ether oxygens (including phenoxy) is 2. The second-order valence-electron chi connectivity index (χ2n) is 6.40. The molecule has 154 valence electrons. The Kier molecular flexibility index (Phi) is 7.71. The van der Waals surface area contributed by atoms with Crippen LogP contribution < -0.4 is 14.9 Å². The number of hydrogen-bond acceptors (Lipinski definition) is 4. The zero-order valence-corrected chi connectivity index (χ0v) is 17.8. The van der Waals surface area contributed by atoms with E-state index in [9.17, 15) is 4.79 Å². The number of carbonyl (C=O) groups excluding carboxylic acids is 1. The first kappa shape index (κ1) is 21.7. The quantitative estimate of drug-likeness (QED) is 0.370. The van der Waals surface area contributed by atoms with E-state index in [1.54, 1.807) is 49.4 Å². The molecule has 0 fully saturated rings. The van der Waals surface area contributed by atoms with Gasteiger partial charge in [-0.15, -0.1) is 0 Å². The van der Waals surface area contributed by atoms with Crippen LogP contribution in [0.5, 0.6) is 11.5 Å². The number of rotatable bonds is 8. The number of benzene rings is 3.